The molecule has 7 nitrogen and oxygen atoms in total. The van der Waals surface area contributed by atoms with Crippen molar-refractivity contribution in [2.75, 3.05) is 18.6 Å². The number of nitrogens with zero attached hydrogens (tertiary/aromatic N) is 3. The van der Waals surface area contributed by atoms with Gasteiger partial charge in [0.2, 0.25) is 0 Å². The second-order valence-corrected chi connectivity index (χ2v) is 6.25. The van der Waals surface area contributed by atoms with Crippen molar-refractivity contribution >= 4 is 11.8 Å². The Balaban J connectivity index is 1.46. The van der Waals surface area contributed by atoms with Crippen molar-refractivity contribution in [3.05, 3.63) is 59.8 Å². The van der Waals surface area contributed by atoms with Gasteiger partial charge in [-0.2, -0.15) is 5.10 Å². The molecule has 2 N–H and O–H groups in total. The molecule has 2 amide bonds. The molecule has 0 saturated carbocycles. The maximum atomic E-state index is 13.6. The maximum Gasteiger partial charge on any atom is 0.323 e. The number of benzene rings is 1. The van der Waals surface area contributed by atoms with Crippen LogP contribution in [-0.4, -0.2) is 34.9 Å². The summed E-state index contributed by atoms with van der Waals surface area (Å²) in [7, 11) is 1.47. The Morgan fingerprint density at radius 3 is 2.96 bits per heavy atom. The summed E-state index contributed by atoms with van der Waals surface area (Å²) in [6, 6.07) is 6.12. The molecular formula is C19H18FN5O2. The van der Waals surface area contributed by atoms with Crippen LogP contribution in [-0.2, 0) is 13.0 Å². The number of fused-ring (bicyclic) bond motifs is 1. The molecule has 3 aromatic rings. The number of carbonyl (C=O) groups excluding carboxylic acids is 1. The summed E-state index contributed by atoms with van der Waals surface area (Å²) >= 11 is 0. The number of amides is 2. The average Bonchev–Trinajstić information content (AvgIpc) is 3.34. The van der Waals surface area contributed by atoms with Gasteiger partial charge in [0.05, 0.1) is 13.3 Å². The van der Waals surface area contributed by atoms with Gasteiger partial charge in [-0.05, 0) is 35.7 Å². The normalized spacial score (nSPS) is 12.7. The third-order valence-electron chi connectivity index (χ3n) is 4.49. The SMILES string of the molecule is COc1cc(F)cc(CNC(=O)N2CCc3cc(-c4cn[nH]c4)cnc32)c1. The standard InChI is InChI=1S/C19H18FN5O2/c1-27-17-5-12(4-16(20)7-17)8-22-19(26)25-3-2-13-6-14(9-21-18(13)25)15-10-23-24-11-15/h4-7,9-11H,2-3,8H2,1H3,(H,22,26)(H,23,24). The van der Waals surface area contributed by atoms with Crippen LogP contribution in [0.25, 0.3) is 11.1 Å². The highest BCUT2D eigenvalue weighted by Crippen LogP contribution is 2.29. The molecule has 138 valence electrons. The number of hydrogen-bond donors (Lipinski definition) is 2. The summed E-state index contributed by atoms with van der Waals surface area (Å²) in [5.74, 6) is 0.661. The predicted octanol–water partition coefficient (Wildman–Crippen LogP) is 2.89. The second-order valence-electron chi connectivity index (χ2n) is 6.25. The van der Waals surface area contributed by atoms with E-state index >= 15 is 0 Å². The number of halogens is 1. The van der Waals surface area contributed by atoms with E-state index in [0.717, 1.165) is 23.1 Å². The van der Waals surface area contributed by atoms with Crippen LogP contribution in [0.15, 0.2) is 42.9 Å². The van der Waals surface area contributed by atoms with Crippen LogP contribution < -0.4 is 15.0 Å². The average molecular weight is 367 g/mol. The minimum absolute atomic E-state index is 0.200. The number of methoxy groups -OCH3 is 1. The van der Waals surface area contributed by atoms with Gasteiger partial charge in [0.1, 0.15) is 17.4 Å². The first-order valence-corrected chi connectivity index (χ1v) is 8.51. The Morgan fingerprint density at radius 2 is 2.19 bits per heavy atom. The van der Waals surface area contributed by atoms with Gasteiger partial charge in [-0.1, -0.05) is 0 Å². The van der Waals surface area contributed by atoms with Crippen molar-refractivity contribution in [1.29, 1.82) is 0 Å². The van der Waals surface area contributed by atoms with Crippen molar-refractivity contribution in [1.82, 2.24) is 20.5 Å². The quantitative estimate of drug-likeness (QED) is 0.743. The van der Waals surface area contributed by atoms with E-state index in [9.17, 15) is 9.18 Å². The molecule has 0 radical (unpaired) electrons. The Morgan fingerprint density at radius 1 is 1.30 bits per heavy atom. The van der Waals surface area contributed by atoms with Gasteiger partial charge in [-0.15, -0.1) is 0 Å². The molecule has 4 rings (SSSR count). The van der Waals surface area contributed by atoms with Gasteiger partial charge in [0, 0.05) is 42.7 Å². The first-order valence-electron chi connectivity index (χ1n) is 8.51. The number of aromatic nitrogens is 3. The van der Waals surface area contributed by atoms with E-state index in [-0.39, 0.29) is 12.6 Å². The van der Waals surface area contributed by atoms with E-state index in [1.54, 1.807) is 29.6 Å². The van der Waals surface area contributed by atoms with Crippen molar-refractivity contribution in [2.45, 2.75) is 13.0 Å². The van der Waals surface area contributed by atoms with Crippen molar-refractivity contribution in [3.8, 4) is 16.9 Å². The number of pyridine rings is 1. The third-order valence-corrected chi connectivity index (χ3v) is 4.49. The minimum atomic E-state index is -0.404. The summed E-state index contributed by atoms with van der Waals surface area (Å²) in [6.07, 6.45) is 5.99. The van der Waals surface area contributed by atoms with E-state index in [1.165, 1.54) is 19.2 Å². The fourth-order valence-electron chi connectivity index (χ4n) is 3.15. The molecule has 0 unspecified atom stereocenters. The van der Waals surface area contributed by atoms with Gasteiger partial charge < -0.3 is 10.1 Å². The molecule has 2 aromatic heterocycles. The lowest BCUT2D eigenvalue weighted by molar-refractivity contribution is 0.246. The van der Waals surface area contributed by atoms with Gasteiger partial charge in [-0.25, -0.2) is 14.2 Å². The topological polar surface area (TPSA) is 83.1 Å². The number of ether oxygens (including phenoxy) is 1. The number of aromatic amines is 1. The van der Waals surface area contributed by atoms with Crippen LogP contribution in [0.5, 0.6) is 5.75 Å². The van der Waals surface area contributed by atoms with Crippen LogP contribution in [0.4, 0.5) is 15.0 Å². The lowest BCUT2D eigenvalue weighted by Gasteiger charge is -2.17. The van der Waals surface area contributed by atoms with Crippen molar-refractivity contribution < 1.29 is 13.9 Å². The third kappa shape index (κ3) is 3.46. The molecule has 27 heavy (non-hydrogen) atoms. The molecule has 3 heterocycles. The van der Waals surface area contributed by atoms with E-state index in [1.807, 2.05) is 6.07 Å². The van der Waals surface area contributed by atoms with Crippen LogP contribution in [0.3, 0.4) is 0 Å². The largest absolute Gasteiger partial charge is 0.497 e. The Labute approximate surface area is 155 Å². The van der Waals surface area contributed by atoms with Gasteiger partial charge >= 0.3 is 6.03 Å². The van der Waals surface area contributed by atoms with Gasteiger partial charge in [-0.3, -0.25) is 10.00 Å². The van der Waals surface area contributed by atoms with Gasteiger partial charge in [0.25, 0.3) is 0 Å². The lowest BCUT2D eigenvalue weighted by Crippen LogP contribution is -2.38. The molecule has 1 aromatic carbocycles. The molecule has 0 fully saturated rings. The number of carbonyl (C=O) groups is 1. The smallest absolute Gasteiger partial charge is 0.323 e. The first-order chi connectivity index (χ1) is 13.1. The molecule has 0 spiro atoms. The molecule has 0 atom stereocenters. The van der Waals surface area contributed by atoms with Crippen LogP contribution in [0.2, 0.25) is 0 Å². The number of urea groups is 1. The first kappa shape index (κ1) is 17.0. The monoisotopic (exact) mass is 367 g/mol. The Kier molecular flexibility index (Phi) is 4.45. The number of H-pyrrole nitrogens is 1. The number of hydrogen-bond acceptors (Lipinski definition) is 4. The second kappa shape index (κ2) is 7.06. The zero-order valence-corrected chi connectivity index (χ0v) is 14.7. The summed E-state index contributed by atoms with van der Waals surface area (Å²) in [4.78, 5) is 18.6. The number of anilines is 1. The number of rotatable bonds is 4. The molecule has 1 aliphatic heterocycles. The van der Waals surface area contributed by atoms with E-state index in [4.69, 9.17) is 4.74 Å². The highest BCUT2D eigenvalue weighted by molar-refractivity contribution is 5.93. The summed E-state index contributed by atoms with van der Waals surface area (Å²) in [5, 5.41) is 9.54. The summed E-state index contributed by atoms with van der Waals surface area (Å²) in [5.41, 5.74) is 3.55. The molecule has 0 bridgehead atoms. The molecule has 1 aliphatic rings. The van der Waals surface area contributed by atoms with E-state index < -0.39 is 5.82 Å². The summed E-state index contributed by atoms with van der Waals surface area (Å²) < 4.78 is 18.6. The molecule has 8 heteroatoms. The fraction of sp³-hybridized carbons (Fsp3) is 0.211. The molecular weight excluding hydrogens is 349 g/mol. The molecule has 0 aliphatic carbocycles. The van der Waals surface area contributed by atoms with E-state index in [0.29, 0.717) is 23.7 Å². The fourth-order valence-corrected chi connectivity index (χ4v) is 3.15. The Hall–Kier alpha value is -3.42. The molecule has 0 saturated heterocycles. The minimum Gasteiger partial charge on any atom is -0.497 e. The Bertz CT molecular complexity index is 974. The summed E-state index contributed by atoms with van der Waals surface area (Å²) in [6.45, 7) is 0.751. The van der Waals surface area contributed by atoms with Crippen molar-refractivity contribution in [3.63, 3.8) is 0 Å². The van der Waals surface area contributed by atoms with Crippen molar-refractivity contribution in [2.24, 2.45) is 0 Å². The van der Waals surface area contributed by atoms with Crippen LogP contribution in [0.1, 0.15) is 11.1 Å². The lowest BCUT2D eigenvalue weighted by atomic mass is 10.1. The maximum absolute atomic E-state index is 13.6. The number of nitrogens with one attached hydrogen (secondary N) is 2. The highest BCUT2D eigenvalue weighted by Gasteiger charge is 2.26. The zero-order chi connectivity index (χ0) is 18.8. The predicted molar refractivity (Wildman–Crippen MR) is 98.1 cm³/mol. The van der Waals surface area contributed by atoms with Gasteiger partial charge in [0.15, 0.2) is 0 Å². The van der Waals surface area contributed by atoms with Crippen LogP contribution in [0, 0.1) is 5.82 Å². The highest BCUT2D eigenvalue weighted by atomic mass is 19.1. The van der Waals surface area contributed by atoms with E-state index in [2.05, 4.69) is 20.5 Å². The zero-order valence-electron chi connectivity index (χ0n) is 14.7. The van der Waals surface area contributed by atoms with Crippen LogP contribution >= 0.6 is 0 Å².